The second-order valence-electron chi connectivity index (χ2n) is 9.39. The fraction of sp³-hybridized carbons (Fsp3) is 0.619. The lowest BCUT2D eigenvalue weighted by Gasteiger charge is -2.33. The van der Waals surface area contributed by atoms with E-state index in [4.69, 9.17) is 0 Å². The molecule has 1 aromatic rings. The minimum Gasteiger partial charge on any atom is -0.350 e. The van der Waals surface area contributed by atoms with Gasteiger partial charge in [-0.15, -0.1) is 0 Å². The molecule has 2 N–H and O–H groups in total. The van der Waals surface area contributed by atoms with Crippen molar-refractivity contribution in [2.24, 2.45) is 5.41 Å². The smallest absolute Gasteiger partial charge is 0.350 e. The molecule has 30 heavy (non-hydrogen) atoms. The van der Waals surface area contributed by atoms with E-state index < -0.39 is 23.5 Å². The predicted molar refractivity (Wildman–Crippen MR) is 103 cm³/mol. The van der Waals surface area contributed by atoms with E-state index in [1.165, 1.54) is 0 Å². The molecule has 0 bridgehead atoms. The number of hydrogen-bond acceptors (Lipinski definition) is 3. The van der Waals surface area contributed by atoms with Gasteiger partial charge >= 0.3 is 6.18 Å². The number of benzene rings is 1. The van der Waals surface area contributed by atoms with E-state index in [9.17, 15) is 27.2 Å². The van der Waals surface area contributed by atoms with Crippen molar-refractivity contribution in [2.45, 2.75) is 57.8 Å². The van der Waals surface area contributed by atoms with Crippen LogP contribution in [0, 0.1) is 11.2 Å². The molecule has 5 nitrogen and oxygen atoms in total. The maximum Gasteiger partial charge on any atom is 0.416 e. The molecule has 1 aliphatic heterocycles. The van der Waals surface area contributed by atoms with Gasteiger partial charge in [-0.3, -0.25) is 14.5 Å². The van der Waals surface area contributed by atoms with Crippen LogP contribution in [0.1, 0.15) is 56.0 Å². The molecule has 1 aliphatic carbocycles. The Morgan fingerprint density at radius 2 is 1.77 bits per heavy atom. The summed E-state index contributed by atoms with van der Waals surface area (Å²) in [4.78, 5) is 26.5. The molecule has 1 atom stereocenters. The zero-order valence-corrected chi connectivity index (χ0v) is 17.3. The quantitative estimate of drug-likeness (QED) is 0.722. The number of nitrogens with one attached hydrogen (secondary N) is 2. The second kappa shape index (κ2) is 7.83. The molecule has 0 aromatic heterocycles. The molecule has 1 saturated carbocycles. The Labute approximate surface area is 173 Å². The van der Waals surface area contributed by atoms with E-state index in [2.05, 4.69) is 15.5 Å². The molecule has 1 saturated heterocycles. The van der Waals surface area contributed by atoms with Crippen LogP contribution in [0.15, 0.2) is 18.2 Å². The molecule has 0 unspecified atom stereocenters. The SMILES string of the molecule is CC(C)(C)NC(=O)CN1CCC2(CC1)C[C@H]2NC(=O)c1cc(F)cc(C(F)(F)F)c1. The minimum atomic E-state index is -4.72. The fourth-order valence-electron chi connectivity index (χ4n) is 4.05. The zero-order chi connectivity index (χ0) is 22.3. The number of nitrogens with zero attached hydrogens (tertiary/aromatic N) is 1. The predicted octanol–water partition coefficient (Wildman–Crippen LogP) is 3.34. The maximum absolute atomic E-state index is 13.6. The van der Waals surface area contributed by atoms with Crippen LogP contribution in [-0.4, -0.2) is 47.9 Å². The van der Waals surface area contributed by atoms with E-state index in [1.807, 2.05) is 20.8 Å². The topological polar surface area (TPSA) is 61.4 Å². The van der Waals surface area contributed by atoms with Crippen molar-refractivity contribution in [3.63, 3.8) is 0 Å². The summed E-state index contributed by atoms with van der Waals surface area (Å²) in [7, 11) is 0. The molecule has 2 fully saturated rings. The number of hydrogen-bond donors (Lipinski definition) is 2. The summed E-state index contributed by atoms with van der Waals surface area (Å²) in [5, 5.41) is 5.68. The van der Waals surface area contributed by atoms with Crippen LogP contribution in [0.3, 0.4) is 0 Å². The number of piperidine rings is 1. The highest BCUT2D eigenvalue weighted by Crippen LogP contribution is 2.54. The molecule has 1 aromatic carbocycles. The number of likely N-dealkylation sites (tertiary alicyclic amines) is 1. The van der Waals surface area contributed by atoms with Crippen molar-refractivity contribution in [1.82, 2.24) is 15.5 Å². The number of alkyl halides is 3. The van der Waals surface area contributed by atoms with Crippen molar-refractivity contribution in [1.29, 1.82) is 0 Å². The Hall–Kier alpha value is -2.16. The molecule has 2 amide bonds. The van der Waals surface area contributed by atoms with Gasteiger partial charge in [0.1, 0.15) is 5.82 Å². The van der Waals surface area contributed by atoms with Gasteiger partial charge in [0.05, 0.1) is 12.1 Å². The highest BCUT2D eigenvalue weighted by molar-refractivity contribution is 5.95. The summed E-state index contributed by atoms with van der Waals surface area (Å²) >= 11 is 0. The van der Waals surface area contributed by atoms with E-state index >= 15 is 0 Å². The molecule has 1 spiro atoms. The van der Waals surface area contributed by atoms with Crippen LogP contribution in [-0.2, 0) is 11.0 Å². The second-order valence-corrected chi connectivity index (χ2v) is 9.39. The molecule has 166 valence electrons. The molecule has 1 heterocycles. The molecular formula is C21H27F4N3O2. The van der Waals surface area contributed by atoms with Crippen LogP contribution in [0.2, 0.25) is 0 Å². The number of amides is 2. The van der Waals surface area contributed by atoms with Crippen molar-refractivity contribution in [2.75, 3.05) is 19.6 Å². The number of halogens is 4. The molecule has 2 aliphatic rings. The first-order valence-corrected chi connectivity index (χ1v) is 9.99. The molecule has 3 rings (SSSR count). The highest BCUT2D eigenvalue weighted by Gasteiger charge is 2.55. The third-order valence-electron chi connectivity index (χ3n) is 5.72. The van der Waals surface area contributed by atoms with Crippen LogP contribution in [0.5, 0.6) is 0 Å². The minimum absolute atomic E-state index is 0.0364. The zero-order valence-electron chi connectivity index (χ0n) is 17.3. The third kappa shape index (κ3) is 5.50. The first-order valence-electron chi connectivity index (χ1n) is 9.99. The Balaban J connectivity index is 1.53. The summed E-state index contributed by atoms with van der Waals surface area (Å²) in [6, 6.07) is 1.72. The lowest BCUT2D eigenvalue weighted by atomic mass is 9.92. The highest BCUT2D eigenvalue weighted by atomic mass is 19.4. The lowest BCUT2D eigenvalue weighted by molar-refractivity contribution is -0.137. The van der Waals surface area contributed by atoms with Gasteiger partial charge in [0.15, 0.2) is 0 Å². The summed E-state index contributed by atoms with van der Waals surface area (Å²) in [5.41, 5.74) is -1.89. The van der Waals surface area contributed by atoms with Gasteiger partial charge in [-0.2, -0.15) is 13.2 Å². The summed E-state index contributed by atoms with van der Waals surface area (Å²) < 4.78 is 52.1. The molecule has 9 heteroatoms. The summed E-state index contributed by atoms with van der Waals surface area (Å²) in [6.07, 6.45) is -2.40. The van der Waals surface area contributed by atoms with Crippen molar-refractivity contribution in [3.05, 3.63) is 35.1 Å². The number of carbonyl (C=O) groups excluding carboxylic acids is 2. The van der Waals surface area contributed by atoms with Gasteiger partial charge in [0.2, 0.25) is 5.91 Å². The van der Waals surface area contributed by atoms with E-state index in [0.717, 1.165) is 25.3 Å². The maximum atomic E-state index is 13.6. The van der Waals surface area contributed by atoms with Gasteiger partial charge in [-0.25, -0.2) is 4.39 Å². The van der Waals surface area contributed by atoms with Crippen LogP contribution in [0.25, 0.3) is 0 Å². The lowest BCUT2D eigenvalue weighted by Crippen LogP contribution is -2.48. The molecular weight excluding hydrogens is 402 g/mol. The molecule has 0 radical (unpaired) electrons. The Morgan fingerprint density at radius 3 is 2.33 bits per heavy atom. The van der Waals surface area contributed by atoms with Gasteiger partial charge in [-0.05, 0) is 76.7 Å². The van der Waals surface area contributed by atoms with E-state index in [-0.39, 0.29) is 28.5 Å². The number of rotatable bonds is 4. The first kappa shape index (κ1) is 22.5. The number of carbonyl (C=O) groups is 2. The Morgan fingerprint density at radius 1 is 1.13 bits per heavy atom. The third-order valence-corrected chi connectivity index (χ3v) is 5.72. The van der Waals surface area contributed by atoms with Crippen LogP contribution in [0.4, 0.5) is 17.6 Å². The first-order chi connectivity index (χ1) is 13.8. The van der Waals surface area contributed by atoms with Gasteiger partial charge < -0.3 is 10.6 Å². The van der Waals surface area contributed by atoms with E-state index in [0.29, 0.717) is 31.8 Å². The summed E-state index contributed by atoms with van der Waals surface area (Å²) in [5.74, 6) is -1.83. The van der Waals surface area contributed by atoms with Gasteiger partial charge in [0.25, 0.3) is 5.91 Å². The average molecular weight is 429 g/mol. The van der Waals surface area contributed by atoms with Gasteiger partial charge in [0, 0.05) is 17.1 Å². The summed E-state index contributed by atoms with van der Waals surface area (Å²) in [6.45, 7) is 7.50. The van der Waals surface area contributed by atoms with Crippen molar-refractivity contribution >= 4 is 11.8 Å². The normalized spacial score (nSPS) is 21.4. The largest absolute Gasteiger partial charge is 0.416 e. The average Bonchev–Trinajstić information content (AvgIpc) is 3.25. The monoisotopic (exact) mass is 429 g/mol. The van der Waals surface area contributed by atoms with Crippen LogP contribution < -0.4 is 10.6 Å². The standard InChI is InChI=1S/C21H27F4N3O2/c1-19(2,3)27-17(29)12-28-6-4-20(5-7-28)11-16(20)26-18(30)13-8-14(21(23,24)25)10-15(22)9-13/h8-10,16H,4-7,11-12H2,1-3H3,(H,26,30)(H,27,29)/t16-/m1/s1. The van der Waals surface area contributed by atoms with Gasteiger partial charge in [-0.1, -0.05) is 0 Å². The van der Waals surface area contributed by atoms with Crippen molar-refractivity contribution in [3.8, 4) is 0 Å². The Bertz CT molecular complexity index is 825. The Kier molecular flexibility index (Phi) is 5.88. The van der Waals surface area contributed by atoms with E-state index in [1.54, 1.807) is 0 Å². The van der Waals surface area contributed by atoms with Crippen molar-refractivity contribution < 1.29 is 27.2 Å². The fourth-order valence-corrected chi connectivity index (χ4v) is 4.05. The van der Waals surface area contributed by atoms with Crippen LogP contribution >= 0.6 is 0 Å².